The molecule has 1 aromatic rings. The summed E-state index contributed by atoms with van der Waals surface area (Å²) in [6, 6.07) is 7.16. The van der Waals surface area contributed by atoms with E-state index >= 15 is 0 Å². The van der Waals surface area contributed by atoms with Crippen LogP contribution in [0.15, 0.2) is 24.3 Å². The van der Waals surface area contributed by atoms with Gasteiger partial charge in [0, 0.05) is 11.4 Å². The lowest BCUT2D eigenvalue weighted by Crippen LogP contribution is -2.43. The first-order valence-corrected chi connectivity index (χ1v) is 7.99. The Balaban J connectivity index is 2.60. The van der Waals surface area contributed by atoms with Crippen molar-refractivity contribution in [3.63, 3.8) is 0 Å². The molecular weight excluding hydrogens is 262 g/mol. The van der Waals surface area contributed by atoms with E-state index < -0.39 is 0 Å². The molecule has 118 valence electrons. The van der Waals surface area contributed by atoms with Crippen molar-refractivity contribution in [1.29, 1.82) is 0 Å². The van der Waals surface area contributed by atoms with Gasteiger partial charge in [-0.15, -0.1) is 0 Å². The predicted molar refractivity (Wildman–Crippen MR) is 90.3 cm³/mol. The Kier molecular flexibility index (Phi) is 7.83. The summed E-state index contributed by atoms with van der Waals surface area (Å²) in [5, 5.41) is 2.97. The maximum atomic E-state index is 12.4. The fraction of sp³-hybridized carbons (Fsp3) is 0.588. The molecule has 1 amide bonds. The van der Waals surface area contributed by atoms with Crippen LogP contribution in [0, 0.1) is 0 Å². The Morgan fingerprint density at radius 2 is 1.67 bits per heavy atom. The van der Waals surface area contributed by atoms with E-state index in [4.69, 9.17) is 5.73 Å². The molecule has 1 aromatic carbocycles. The van der Waals surface area contributed by atoms with Gasteiger partial charge in [0.05, 0.1) is 6.04 Å². The first-order chi connectivity index (χ1) is 10.1. The molecule has 0 spiro atoms. The van der Waals surface area contributed by atoms with Gasteiger partial charge < -0.3 is 11.1 Å². The molecule has 0 radical (unpaired) electrons. The molecule has 4 nitrogen and oxygen atoms in total. The molecule has 1 atom stereocenters. The molecular formula is C17H29N3O. The second-order valence-corrected chi connectivity index (χ2v) is 5.53. The molecule has 0 aliphatic carbocycles. The highest BCUT2D eigenvalue weighted by molar-refractivity contribution is 5.94. The third-order valence-electron chi connectivity index (χ3n) is 3.70. The lowest BCUT2D eigenvalue weighted by Gasteiger charge is -2.28. The first kappa shape index (κ1) is 17.5. The van der Waals surface area contributed by atoms with Crippen LogP contribution in [0.2, 0.25) is 0 Å². The number of rotatable bonds is 9. The topological polar surface area (TPSA) is 58.4 Å². The lowest BCUT2D eigenvalue weighted by atomic mass is 10.2. The van der Waals surface area contributed by atoms with Gasteiger partial charge in [-0.2, -0.15) is 0 Å². The third-order valence-corrected chi connectivity index (χ3v) is 3.70. The number of amides is 1. The summed E-state index contributed by atoms with van der Waals surface area (Å²) in [7, 11) is 0. The van der Waals surface area contributed by atoms with Crippen molar-refractivity contribution < 1.29 is 4.79 Å². The molecule has 1 rings (SSSR count). The van der Waals surface area contributed by atoms with Gasteiger partial charge in [0.2, 0.25) is 5.91 Å². The van der Waals surface area contributed by atoms with Crippen LogP contribution in [0.3, 0.4) is 0 Å². The Labute approximate surface area is 128 Å². The Morgan fingerprint density at radius 1 is 1.14 bits per heavy atom. The number of carbonyl (C=O) groups excluding carboxylic acids is 1. The number of carbonyl (C=O) groups is 1. The van der Waals surface area contributed by atoms with Crippen LogP contribution in [-0.4, -0.2) is 29.9 Å². The van der Waals surface area contributed by atoms with Crippen LogP contribution in [0.1, 0.15) is 46.5 Å². The zero-order valence-electron chi connectivity index (χ0n) is 13.6. The fourth-order valence-electron chi connectivity index (χ4n) is 2.20. The van der Waals surface area contributed by atoms with E-state index in [9.17, 15) is 4.79 Å². The lowest BCUT2D eigenvalue weighted by molar-refractivity contribution is -0.120. The molecule has 21 heavy (non-hydrogen) atoms. The van der Waals surface area contributed by atoms with Gasteiger partial charge in [0.1, 0.15) is 0 Å². The van der Waals surface area contributed by atoms with Crippen LogP contribution in [0.25, 0.3) is 0 Å². The van der Waals surface area contributed by atoms with E-state index in [2.05, 4.69) is 24.1 Å². The predicted octanol–water partition coefficient (Wildman–Crippen LogP) is 3.50. The quantitative estimate of drug-likeness (QED) is 0.685. The van der Waals surface area contributed by atoms with Crippen molar-refractivity contribution in [2.24, 2.45) is 0 Å². The normalized spacial score (nSPS) is 12.4. The van der Waals surface area contributed by atoms with Crippen LogP contribution in [-0.2, 0) is 4.79 Å². The highest BCUT2D eigenvalue weighted by atomic mass is 16.2. The first-order valence-electron chi connectivity index (χ1n) is 7.99. The van der Waals surface area contributed by atoms with Gasteiger partial charge >= 0.3 is 0 Å². The molecule has 0 bridgehead atoms. The van der Waals surface area contributed by atoms with E-state index in [0.717, 1.165) is 44.5 Å². The van der Waals surface area contributed by atoms with Crippen LogP contribution in [0.5, 0.6) is 0 Å². The SMILES string of the molecule is CCCCN(CCCC)C(C)C(=O)Nc1ccc(N)cc1. The summed E-state index contributed by atoms with van der Waals surface area (Å²) in [6.45, 7) is 8.30. The van der Waals surface area contributed by atoms with Crippen molar-refractivity contribution >= 4 is 17.3 Å². The number of benzene rings is 1. The fourth-order valence-corrected chi connectivity index (χ4v) is 2.20. The van der Waals surface area contributed by atoms with Crippen LogP contribution in [0.4, 0.5) is 11.4 Å². The minimum atomic E-state index is -0.111. The second kappa shape index (κ2) is 9.40. The van der Waals surface area contributed by atoms with Crippen LogP contribution < -0.4 is 11.1 Å². The molecule has 0 saturated heterocycles. The summed E-state index contributed by atoms with van der Waals surface area (Å²) in [5.74, 6) is 0.0481. The molecule has 1 unspecified atom stereocenters. The molecule has 4 heteroatoms. The van der Waals surface area contributed by atoms with E-state index in [1.165, 1.54) is 0 Å². The number of nitrogens with two attached hydrogens (primary N) is 1. The maximum Gasteiger partial charge on any atom is 0.241 e. The molecule has 0 fully saturated rings. The minimum Gasteiger partial charge on any atom is -0.399 e. The largest absolute Gasteiger partial charge is 0.399 e. The monoisotopic (exact) mass is 291 g/mol. The summed E-state index contributed by atoms with van der Waals surface area (Å²) in [4.78, 5) is 14.7. The smallest absolute Gasteiger partial charge is 0.241 e. The number of anilines is 2. The zero-order chi connectivity index (χ0) is 15.7. The average Bonchev–Trinajstić information content (AvgIpc) is 2.49. The van der Waals surface area contributed by atoms with Gasteiger partial charge in [0.15, 0.2) is 0 Å². The van der Waals surface area contributed by atoms with Gasteiger partial charge in [-0.3, -0.25) is 9.69 Å². The molecule has 0 saturated carbocycles. The zero-order valence-corrected chi connectivity index (χ0v) is 13.6. The Bertz CT molecular complexity index is 409. The van der Waals surface area contributed by atoms with Crippen molar-refractivity contribution in [2.45, 2.75) is 52.5 Å². The highest BCUT2D eigenvalue weighted by Crippen LogP contribution is 2.12. The maximum absolute atomic E-state index is 12.4. The molecule has 0 aliphatic heterocycles. The van der Waals surface area contributed by atoms with Gasteiger partial charge in [0.25, 0.3) is 0 Å². The second-order valence-electron chi connectivity index (χ2n) is 5.53. The molecule has 3 N–H and O–H groups in total. The average molecular weight is 291 g/mol. The molecule has 0 aromatic heterocycles. The van der Waals surface area contributed by atoms with E-state index in [0.29, 0.717) is 5.69 Å². The number of nitrogens with zero attached hydrogens (tertiary/aromatic N) is 1. The standard InChI is InChI=1S/C17H29N3O/c1-4-6-12-20(13-7-5-2)14(3)17(21)19-16-10-8-15(18)9-11-16/h8-11,14H,4-7,12-13,18H2,1-3H3,(H,19,21). The number of nitrogen functional groups attached to an aromatic ring is 1. The van der Waals surface area contributed by atoms with Crippen LogP contribution >= 0.6 is 0 Å². The third kappa shape index (κ3) is 6.17. The molecule has 0 aliphatic rings. The molecule has 0 heterocycles. The van der Waals surface area contributed by atoms with Gasteiger partial charge in [-0.05, 0) is 57.1 Å². The van der Waals surface area contributed by atoms with Crippen molar-refractivity contribution in [1.82, 2.24) is 4.90 Å². The summed E-state index contributed by atoms with van der Waals surface area (Å²) >= 11 is 0. The van der Waals surface area contributed by atoms with Crippen molar-refractivity contribution in [3.05, 3.63) is 24.3 Å². The van der Waals surface area contributed by atoms with E-state index in [1.54, 1.807) is 12.1 Å². The number of unbranched alkanes of at least 4 members (excludes halogenated alkanes) is 2. The Hall–Kier alpha value is -1.55. The van der Waals surface area contributed by atoms with Crippen molar-refractivity contribution in [3.8, 4) is 0 Å². The van der Waals surface area contributed by atoms with Gasteiger partial charge in [-0.25, -0.2) is 0 Å². The van der Waals surface area contributed by atoms with Gasteiger partial charge in [-0.1, -0.05) is 26.7 Å². The summed E-state index contributed by atoms with van der Waals surface area (Å²) in [5.41, 5.74) is 7.15. The summed E-state index contributed by atoms with van der Waals surface area (Å²) in [6.07, 6.45) is 4.55. The van der Waals surface area contributed by atoms with E-state index in [-0.39, 0.29) is 11.9 Å². The highest BCUT2D eigenvalue weighted by Gasteiger charge is 2.20. The van der Waals surface area contributed by atoms with E-state index in [1.807, 2.05) is 19.1 Å². The van der Waals surface area contributed by atoms with Crippen molar-refractivity contribution in [2.75, 3.05) is 24.1 Å². The number of hydrogen-bond acceptors (Lipinski definition) is 3. The Morgan fingerprint density at radius 3 is 2.14 bits per heavy atom. The summed E-state index contributed by atoms with van der Waals surface area (Å²) < 4.78 is 0. The minimum absolute atomic E-state index is 0.0481. The number of nitrogens with one attached hydrogen (secondary N) is 1. The number of hydrogen-bond donors (Lipinski definition) is 2.